The molecule has 4 heteroatoms. The van der Waals surface area contributed by atoms with Crippen LogP contribution in [0, 0.1) is 5.41 Å². The fourth-order valence-corrected chi connectivity index (χ4v) is 1.39. The lowest BCUT2D eigenvalue weighted by Crippen LogP contribution is -2.52. The van der Waals surface area contributed by atoms with Crippen LogP contribution in [0.1, 0.15) is 41.0 Å². The molecule has 0 saturated heterocycles. The quantitative estimate of drug-likeness (QED) is 0.737. The van der Waals surface area contributed by atoms with Crippen LogP contribution >= 0.6 is 0 Å². The summed E-state index contributed by atoms with van der Waals surface area (Å²) in [5.41, 5.74) is 10.4. The van der Waals surface area contributed by atoms with Gasteiger partial charge in [-0.25, -0.2) is 0 Å². The summed E-state index contributed by atoms with van der Waals surface area (Å²) >= 11 is 0. The number of rotatable bonds is 5. The lowest BCUT2D eigenvalue weighted by molar-refractivity contribution is -0.122. The van der Waals surface area contributed by atoms with E-state index in [-0.39, 0.29) is 5.41 Å². The topological polar surface area (TPSA) is 72.3 Å². The zero-order chi connectivity index (χ0) is 13.1. The summed E-state index contributed by atoms with van der Waals surface area (Å²) in [5, 5.41) is 0. The smallest absolute Gasteiger partial charge is 0.237 e. The Morgan fingerprint density at radius 3 is 2.06 bits per heavy atom. The van der Waals surface area contributed by atoms with Crippen molar-refractivity contribution in [2.75, 3.05) is 13.6 Å². The van der Waals surface area contributed by atoms with E-state index in [1.165, 1.54) is 0 Å². The van der Waals surface area contributed by atoms with E-state index in [0.717, 1.165) is 6.54 Å². The van der Waals surface area contributed by atoms with Crippen molar-refractivity contribution in [3.63, 3.8) is 0 Å². The summed E-state index contributed by atoms with van der Waals surface area (Å²) in [5.74, 6) is -0.440. The largest absolute Gasteiger partial charge is 0.368 e. The summed E-state index contributed by atoms with van der Waals surface area (Å²) in [6, 6.07) is 0.427. The molecule has 0 heterocycles. The second-order valence-corrected chi connectivity index (χ2v) is 6.05. The van der Waals surface area contributed by atoms with Gasteiger partial charge in [0, 0.05) is 12.6 Å². The van der Waals surface area contributed by atoms with E-state index in [4.69, 9.17) is 11.5 Å². The molecule has 0 fully saturated rings. The maximum atomic E-state index is 11.1. The number of carbonyl (C=O) groups excluding carboxylic acids is 1. The highest BCUT2D eigenvalue weighted by atomic mass is 16.1. The van der Waals surface area contributed by atoms with Crippen LogP contribution in [-0.4, -0.2) is 36.0 Å². The van der Waals surface area contributed by atoms with Crippen LogP contribution in [0.25, 0.3) is 0 Å². The molecule has 2 unspecified atom stereocenters. The van der Waals surface area contributed by atoms with E-state index in [1.807, 2.05) is 7.05 Å². The van der Waals surface area contributed by atoms with E-state index in [2.05, 4.69) is 32.6 Å². The predicted molar refractivity (Wildman–Crippen MR) is 68.0 cm³/mol. The van der Waals surface area contributed by atoms with E-state index in [9.17, 15) is 4.79 Å². The highest BCUT2D eigenvalue weighted by Gasteiger charge is 2.28. The first-order valence-corrected chi connectivity index (χ1v) is 5.77. The molecular formula is C12H27N3O. The van der Waals surface area contributed by atoms with Crippen LogP contribution in [0.15, 0.2) is 0 Å². The van der Waals surface area contributed by atoms with Gasteiger partial charge < -0.3 is 16.4 Å². The van der Waals surface area contributed by atoms with Crippen molar-refractivity contribution in [3.05, 3.63) is 0 Å². The maximum Gasteiger partial charge on any atom is 0.237 e. The van der Waals surface area contributed by atoms with Gasteiger partial charge in [-0.15, -0.1) is 0 Å². The Balaban J connectivity index is 4.28. The number of hydrogen-bond acceptors (Lipinski definition) is 3. The molecule has 0 saturated carbocycles. The van der Waals surface area contributed by atoms with Gasteiger partial charge in [0.2, 0.25) is 5.91 Å². The Labute approximate surface area is 99.4 Å². The number of hydrogen-bond donors (Lipinski definition) is 2. The Morgan fingerprint density at radius 1 is 1.31 bits per heavy atom. The van der Waals surface area contributed by atoms with Crippen molar-refractivity contribution in [1.82, 2.24) is 4.90 Å². The first-order chi connectivity index (χ1) is 6.98. The highest BCUT2D eigenvalue weighted by molar-refractivity contribution is 5.83. The molecule has 0 rings (SSSR count). The van der Waals surface area contributed by atoms with Gasteiger partial charge in [-0.3, -0.25) is 4.79 Å². The zero-order valence-electron chi connectivity index (χ0n) is 11.5. The molecule has 0 aromatic rings. The molecule has 96 valence electrons. The molecule has 0 aromatic heterocycles. The van der Waals surface area contributed by atoms with Gasteiger partial charge in [0.25, 0.3) is 0 Å². The molecule has 0 aromatic carbocycles. The second-order valence-electron chi connectivity index (χ2n) is 6.05. The van der Waals surface area contributed by atoms with Crippen LogP contribution in [0.2, 0.25) is 0 Å². The van der Waals surface area contributed by atoms with Crippen molar-refractivity contribution in [2.24, 2.45) is 16.9 Å². The number of primary amides is 1. The molecule has 0 radical (unpaired) electrons. The lowest BCUT2D eigenvalue weighted by Gasteiger charge is -2.36. The molecule has 2 atom stereocenters. The Bertz CT molecular complexity index is 243. The van der Waals surface area contributed by atoms with E-state index < -0.39 is 11.4 Å². The summed E-state index contributed by atoms with van der Waals surface area (Å²) < 4.78 is 0. The second kappa shape index (κ2) is 5.15. The molecule has 1 amide bonds. The number of carbonyl (C=O) groups is 1. The van der Waals surface area contributed by atoms with Gasteiger partial charge in [0.05, 0.1) is 5.54 Å². The van der Waals surface area contributed by atoms with Gasteiger partial charge in [-0.05, 0) is 32.7 Å². The molecule has 0 bridgehead atoms. The summed E-state index contributed by atoms with van der Waals surface area (Å²) in [7, 11) is 2.05. The summed E-state index contributed by atoms with van der Waals surface area (Å²) in [6.45, 7) is 11.2. The molecule has 0 aliphatic heterocycles. The van der Waals surface area contributed by atoms with E-state index in [0.29, 0.717) is 12.5 Å². The molecule has 0 spiro atoms. The molecular weight excluding hydrogens is 202 g/mol. The van der Waals surface area contributed by atoms with Crippen LogP contribution in [-0.2, 0) is 4.79 Å². The molecule has 16 heavy (non-hydrogen) atoms. The fraction of sp³-hybridized carbons (Fsp3) is 0.917. The van der Waals surface area contributed by atoms with Crippen LogP contribution in [0.3, 0.4) is 0 Å². The van der Waals surface area contributed by atoms with Crippen molar-refractivity contribution in [1.29, 1.82) is 0 Å². The van der Waals surface area contributed by atoms with E-state index in [1.54, 1.807) is 6.92 Å². The van der Waals surface area contributed by atoms with Crippen molar-refractivity contribution >= 4 is 5.91 Å². The van der Waals surface area contributed by atoms with Crippen LogP contribution in [0.4, 0.5) is 0 Å². The molecule has 4 nitrogen and oxygen atoms in total. The van der Waals surface area contributed by atoms with Crippen molar-refractivity contribution in [2.45, 2.75) is 52.6 Å². The van der Waals surface area contributed by atoms with E-state index >= 15 is 0 Å². The van der Waals surface area contributed by atoms with Crippen molar-refractivity contribution in [3.8, 4) is 0 Å². The standard InChI is InChI=1S/C12H27N3O/c1-9(11(2,3)4)15(6)8-7-12(5,14)10(13)16/h9H,7-8,14H2,1-6H3,(H2,13,16). The van der Waals surface area contributed by atoms with Gasteiger partial charge in [-0.1, -0.05) is 20.8 Å². The minimum atomic E-state index is -0.911. The number of nitrogens with zero attached hydrogens (tertiary/aromatic N) is 1. The zero-order valence-corrected chi connectivity index (χ0v) is 11.5. The first kappa shape index (κ1) is 15.4. The molecule has 0 aliphatic rings. The minimum Gasteiger partial charge on any atom is -0.368 e. The normalized spacial score (nSPS) is 18.2. The van der Waals surface area contributed by atoms with Crippen LogP contribution in [0.5, 0.6) is 0 Å². The summed E-state index contributed by atoms with van der Waals surface area (Å²) in [6.07, 6.45) is 0.583. The monoisotopic (exact) mass is 229 g/mol. The maximum absolute atomic E-state index is 11.1. The van der Waals surface area contributed by atoms with Gasteiger partial charge >= 0.3 is 0 Å². The van der Waals surface area contributed by atoms with Crippen molar-refractivity contribution < 1.29 is 4.79 Å². The average Bonchev–Trinajstić information content (AvgIpc) is 2.11. The number of nitrogens with two attached hydrogens (primary N) is 2. The SMILES string of the molecule is CC(N(C)CCC(C)(N)C(N)=O)C(C)(C)C. The Kier molecular flexibility index (Phi) is 4.95. The fourth-order valence-electron chi connectivity index (χ4n) is 1.39. The van der Waals surface area contributed by atoms with Crippen LogP contribution < -0.4 is 11.5 Å². The number of amides is 1. The third kappa shape index (κ3) is 4.49. The van der Waals surface area contributed by atoms with Gasteiger partial charge in [0.15, 0.2) is 0 Å². The minimum absolute atomic E-state index is 0.215. The predicted octanol–water partition coefficient (Wildman–Crippen LogP) is 0.946. The lowest BCUT2D eigenvalue weighted by atomic mass is 9.86. The molecule has 4 N–H and O–H groups in total. The molecule has 0 aliphatic carbocycles. The third-order valence-electron chi connectivity index (χ3n) is 3.46. The first-order valence-electron chi connectivity index (χ1n) is 5.77. The highest BCUT2D eigenvalue weighted by Crippen LogP contribution is 2.23. The summed E-state index contributed by atoms with van der Waals surface area (Å²) in [4.78, 5) is 13.3. The van der Waals surface area contributed by atoms with Gasteiger partial charge in [0.1, 0.15) is 0 Å². The average molecular weight is 229 g/mol. The Hall–Kier alpha value is -0.610. The Morgan fingerprint density at radius 2 is 1.75 bits per heavy atom. The third-order valence-corrected chi connectivity index (χ3v) is 3.46. The van der Waals surface area contributed by atoms with Gasteiger partial charge in [-0.2, -0.15) is 0 Å².